The third-order valence-corrected chi connectivity index (χ3v) is 8.11. The monoisotopic (exact) mass is 554 g/mol. The average molecular weight is 555 g/mol. The van der Waals surface area contributed by atoms with Crippen molar-refractivity contribution in [3.8, 4) is 11.5 Å². The summed E-state index contributed by atoms with van der Waals surface area (Å²) in [6.07, 6.45) is 6.57. The van der Waals surface area contributed by atoms with Crippen molar-refractivity contribution in [3.05, 3.63) is 53.7 Å². The predicted molar refractivity (Wildman–Crippen MR) is 155 cm³/mol. The maximum absolute atomic E-state index is 6.48. The second kappa shape index (κ2) is 12.9. The van der Waals surface area contributed by atoms with Crippen molar-refractivity contribution in [2.24, 2.45) is 0 Å². The Bertz CT molecular complexity index is 1230. The van der Waals surface area contributed by atoms with E-state index in [4.69, 9.17) is 21.1 Å². The van der Waals surface area contributed by atoms with Crippen LogP contribution < -0.4 is 24.8 Å². The molecule has 38 heavy (non-hydrogen) atoms. The van der Waals surface area contributed by atoms with Crippen molar-refractivity contribution < 1.29 is 9.47 Å². The summed E-state index contributed by atoms with van der Waals surface area (Å²) in [5, 5.41) is 7.11. The van der Waals surface area contributed by atoms with Crippen LogP contribution in [0.4, 0.5) is 23.1 Å². The van der Waals surface area contributed by atoms with E-state index < -0.39 is 0 Å². The van der Waals surface area contributed by atoms with Crippen molar-refractivity contribution in [2.45, 2.75) is 56.6 Å². The number of para-hydroxylation sites is 1. The SMILES string of the molecule is CCOc1cc(OC2CCN(CC)C2)ccc1Nc1ncc(Cl)c(Nc2ccccc2SNC2CCC2)n1. The third kappa shape index (κ3) is 6.83. The second-order valence-corrected chi connectivity index (χ2v) is 10.8. The number of halogens is 1. The van der Waals surface area contributed by atoms with E-state index in [1.165, 1.54) is 19.3 Å². The van der Waals surface area contributed by atoms with Crippen LogP contribution in [-0.4, -0.2) is 53.3 Å². The van der Waals surface area contributed by atoms with Crippen LogP contribution in [0.2, 0.25) is 5.02 Å². The summed E-state index contributed by atoms with van der Waals surface area (Å²) >= 11 is 8.12. The molecule has 1 aromatic heterocycles. The average Bonchev–Trinajstić information content (AvgIpc) is 3.35. The quantitative estimate of drug-likeness (QED) is 0.213. The predicted octanol–water partition coefficient (Wildman–Crippen LogP) is 6.64. The van der Waals surface area contributed by atoms with Gasteiger partial charge in [-0.15, -0.1) is 0 Å². The summed E-state index contributed by atoms with van der Waals surface area (Å²) in [6, 6.07) is 14.5. The summed E-state index contributed by atoms with van der Waals surface area (Å²) in [7, 11) is 0. The molecule has 1 atom stereocenters. The van der Waals surface area contributed by atoms with Gasteiger partial charge < -0.3 is 20.1 Å². The Morgan fingerprint density at radius 3 is 2.71 bits per heavy atom. The smallest absolute Gasteiger partial charge is 0.229 e. The summed E-state index contributed by atoms with van der Waals surface area (Å²) in [6.45, 7) is 7.75. The number of hydrogen-bond acceptors (Lipinski definition) is 9. The fraction of sp³-hybridized carbons (Fsp3) is 0.429. The molecule has 1 saturated heterocycles. The molecule has 2 heterocycles. The third-order valence-electron chi connectivity index (χ3n) is 6.80. The van der Waals surface area contributed by atoms with Gasteiger partial charge in [0.05, 0.1) is 24.2 Å². The molecule has 2 aromatic carbocycles. The lowest BCUT2D eigenvalue weighted by atomic mass is 9.94. The van der Waals surface area contributed by atoms with E-state index in [1.807, 2.05) is 43.3 Å². The Labute approximate surface area is 234 Å². The molecule has 1 saturated carbocycles. The van der Waals surface area contributed by atoms with Gasteiger partial charge in [-0.05, 0) is 68.9 Å². The van der Waals surface area contributed by atoms with Gasteiger partial charge in [0.25, 0.3) is 0 Å². The Hall–Kier alpha value is -2.72. The number of nitrogens with one attached hydrogen (secondary N) is 3. The van der Waals surface area contributed by atoms with Gasteiger partial charge >= 0.3 is 0 Å². The number of rotatable bonds is 12. The molecule has 202 valence electrons. The maximum Gasteiger partial charge on any atom is 0.229 e. The Morgan fingerprint density at radius 2 is 1.95 bits per heavy atom. The molecule has 1 unspecified atom stereocenters. The molecule has 2 fully saturated rings. The number of hydrogen-bond donors (Lipinski definition) is 3. The zero-order chi connectivity index (χ0) is 26.3. The van der Waals surface area contributed by atoms with Gasteiger partial charge in [-0.25, -0.2) is 4.98 Å². The first-order chi connectivity index (χ1) is 18.6. The lowest BCUT2D eigenvalue weighted by molar-refractivity contribution is 0.201. The topological polar surface area (TPSA) is 83.6 Å². The van der Waals surface area contributed by atoms with Gasteiger partial charge in [-0.2, -0.15) is 4.98 Å². The lowest BCUT2D eigenvalue weighted by Crippen LogP contribution is -2.30. The van der Waals surface area contributed by atoms with Crippen LogP contribution in [0.15, 0.2) is 53.6 Å². The maximum atomic E-state index is 6.48. The summed E-state index contributed by atoms with van der Waals surface area (Å²) in [5.41, 5.74) is 1.69. The number of nitrogens with zero attached hydrogens (tertiary/aromatic N) is 3. The number of aromatic nitrogens is 2. The molecular formula is C28H35ClN6O2S. The van der Waals surface area contributed by atoms with E-state index in [0.717, 1.165) is 48.1 Å². The minimum absolute atomic E-state index is 0.196. The minimum atomic E-state index is 0.196. The normalized spacial score (nSPS) is 17.7. The number of likely N-dealkylation sites (N-methyl/N-ethyl adjacent to an activating group) is 1. The van der Waals surface area contributed by atoms with Crippen molar-refractivity contribution in [2.75, 3.05) is 36.9 Å². The minimum Gasteiger partial charge on any atom is -0.492 e. The molecule has 8 nitrogen and oxygen atoms in total. The lowest BCUT2D eigenvalue weighted by Gasteiger charge is -2.26. The highest BCUT2D eigenvalue weighted by molar-refractivity contribution is 7.97. The molecule has 3 N–H and O–H groups in total. The van der Waals surface area contributed by atoms with Gasteiger partial charge in [0, 0.05) is 30.1 Å². The molecule has 1 aliphatic heterocycles. The van der Waals surface area contributed by atoms with Gasteiger partial charge in [-0.1, -0.05) is 37.1 Å². The Balaban J connectivity index is 1.29. The molecule has 0 radical (unpaired) electrons. The van der Waals surface area contributed by atoms with Crippen LogP contribution in [0.25, 0.3) is 0 Å². The fourth-order valence-electron chi connectivity index (χ4n) is 4.42. The van der Waals surface area contributed by atoms with Crippen LogP contribution in [0.1, 0.15) is 39.5 Å². The van der Waals surface area contributed by atoms with Gasteiger partial charge in [-0.3, -0.25) is 9.62 Å². The highest BCUT2D eigenvalue weighted by Gasteiger charge is 2.23. The van der Waals surface area contributed by atoms with Gasteiger partial charge in [0.2, 0.25) is 5.95 Å². The van der Waals surface area contributed by atoms with E-state index in [-0.39, 0.29) is 6.10 Å². The molecular weight excluding hydrogens is 520 g/mol. The molecule has 3 aromatic rings. The van der Waals surface area contributed by atoms with Crippen LogP contribution in [0.3, 0.4) is 0 Å². The molecule has 5 rings (SSSR count). The number of likely N-dealkylation sites (tertiary alicyclic amines) is 1. The van der Waals surface area contributed by atoms with E-state index >= 15 is 0 Å². The van der Waals surface area contributed by atoms with E-state index in [9.17, 15) is 0 Å². The molecule has 0 bridgehead atoms. The van der Waals surface area contributed by atoms with E-state index in [0.29, 0.717) is 35.2 Å². The summed E-state index contributed by atoms with van der Waals surface area (Å²) < 4.78 is 15.7. The molecule has 10 heteroatoms. The molecule has 2 aliphatic rings. The van der Waals surface area contributed by atoms with Gasteiger partial charge in [0.15, 0.2) is 5.82 Å². The second-order valence-electron chi connectivity index (χ2n) is 9.50. The zero-order valence-electron chi connectivity index (χ0n) is 21.9. The van der Waals surface area contributed by atoms with Crippen LogP contribution in [0.5, 0.6) is 11.5 Å². The van der Waals surface area contributed by atoms with Crippen molar-refractivity contribution in [1.29, 1.82) is 0 Å². The zero-order valence-corrected chi connectivity index (χ0v) is 23.4. The van der Waals surface area contributed by atoms with Crippen molar-refractivity contribution in [3.63, 3.8) is 0 Å². The first-order valence-corrected chi connectivity index (χ1v) is 14.5. The van der Waals surface area contributed by atoms with Crippen LogP contribution in [-0.2, 0) is 0 Å². The number of ether oxygens (including phenoxy) is 2. The number of benzene rings is 2. The van der Waals surface area contributed by atoms with Crippen LogP contribution in [0, 0.1) is 0 Å². The van der Waals surface area contributed by atoms with Crippen LogP contribution >= 0.6 is 23.5 Å². The molecule has 1 aliphatic carbocycles. The molecule has 0 amide bonds. The Kier molecular flexibility index (Phi) is 9.11. The highest BCUT2D eigenvalue weighted by Crippen LogP contribution is 2.35. The standard InChI is InChI=1S/C28H35ClN6O2S/c1-3-35-15-14-21(18-35)37-20-12-13-23(25(16-20)36-4-2)32-28-30-17-22(29)27(33-28)31-24-10-5-6-11-26(24)38-34-19-8-7-9-19/h5-6,10-13,16-17,19,21,34H,3-4,7-9,14-15,18H2,1-2H3,(H2,30,31,32,33). The Morgan fingerprint density at radius 1 is 1.08 bits per heavy atom. The highest BCUT2D eigenvalue weighted by atomic mass is 35.5. The van der Waals surface area contributed by atoms with Crippen molar-refractivity contribution >= 4 is 46.7 Å². The first kappa shape index (κ1) is 26.9. The fourth-order valence-corrected chi connectivity index (χ4v) is 5.47. The first-order valence-electron chi connectivity index (χ1n) is 13.3. The summed E-state index contributed by atoms with van der Waals surface area (Å²) in [4.78, 5) is 12.5. The summed E-state index contributed by atoms with van der Waals surface area (Å²) in [5.74, 6) is 2.43. The molecule has 0 spiro atoms. The largest absolute Gasteiger partial charge is 0.492 e. The number of anilines is 4. The van der Waals surface area contributed by atoms with E-state index in [1.54, 1.807) is 18.1 Å². The van der Waals surface area contributed by atoms with E-state index in [2.05, 4.69) is 43.2 Å². The van der Waals surface area contributed by atoms with Crippen molar-refractivity contribution in [1.82, 2.24) is 19.6 Å². The van der Waals surface area contributed by atoms with Gasteiger partial charge in [0.1, 0.15) is 22.6 Å².